The Morgan fingerprint density at radius 2 is 1.47 bits per heavy atom. The Morgan fingerprint density at radius 3 is 1.67 bits per heavy atom. The second-order valence-corrected chi connectivity index (χ2v) is 15.7. The molecule has 0 N–H and O–H groups in total. The molecule has 0 radical (unpaired) electrons. The van der Waals surface area contributed by atoms with E-state index in [9.17, 15) is 0 Å². The number of hydrogen-bond donors (Lipinski definition) is 0. The minimum Gasteiger partial charge on any atom is -0.275 e. The van der Waals surface area contributed by atoms with Gasteiger partial charge in [0.2, 0.25) is 0 Å². The summed E-state index contributed by atoms with van der Waals surface area (Å²) in [6.45, 7) is 21.2. The summed E-state index contributed by atoms with van der Waals surface area (Å²) in [5.74, 6) is 0. The first-order chi connectivity index (χ1) is 6.61. The smallest absolute Gasteiger partial charge is 0.104 e. The van der Waals surface area contributed by atoms with Gasteiger partial charge in [0.15, 0.2) is 0 Å². The van der Waals surface area contributed by atoms with Gasteiger partial charge in [0, 0.05) is 23.9 Å². The quantitative estimate of drug-likeness (QED) is 0.527. The lowest BCUT2D eigenvalue weighted by Gasteiger charge is -2.33. The fourth-order valence-electron chi connectivity index (χ4n) is 1.55. The van der Waals surface area contributed by atoms with E-state index in [-0.39, 0.29) is 0 Å². The molecule has 0 aromatic carbocycles. The fourth-order valence-corrected chi connectivity index (χ4v) is 6.29. The lowest BCUT2D eigenvalue weighted by Crippen LogP contribution is -2.39. The summed E-state index contributed by atoms with van der Waals surface area (Å²) in [5, 5.41) is 0. The van der Waals surface area contributed by atoms with E-state index in [4.69, 9.17) is 0 Å². The molecular formula is C12H28NPSi. The van der Waals surface area contributed by atoms with Crippen LogP contribution in [0.2, 0.25) is 19.6 Å². The van der Waals surface area contributed by atoms with Gasteiger partial charge in [0.25, 0.3) is 0 Å². The zero-order chi connectivity index (χ0) is 12.3. The summed E-state index contributed by atoms with van der Waals surface area (Å²) in [7, 11) is 0.572. The minimum atomic E-state index is -1.03. The maximum Gasteiger partial charge on any atom is 0.104 e. The van der Waals surface area contributed by atoms with E-state index in [1.165, 1.54) is 0 Å². The molecule has 0 unspecified atom stereocenters. The molecule has 0 heterocycles. The second-order valence-electron chi connectivity index (χ2n) is 6.03. The number of nitrogens with zero attached hydrogens (tertiary/aromatic N) is 1. The molecular weight excluding hydrogens is 217 g/mol. The van der Waals surface area contributed by atoms with E-state index in [0.29, 0.717) is 5.41 Å². The molecule has 1 nitrogen and oxygen atoms in total. The highest BCUT2D eigenvalue weighted by Crippen LogP contribution is 2.30. The van der Waals surface area contributed by atoms with Gasteiger partial charge in [-0.25, -0.2) is 0 Å². The van der Waals surface area contributed by atoms with Crippen molar-refractivity contribution >= 4 is 20.9 Å². The van der Waals surface area contributed by atoms with Crippen LogP contribution in [0.1, 0.15) is 34.6 Å². The predicted octanol–water partition coefficient (Wildman–Crippen LogP) is 4.29. The maximum atomic E-state index is 2.54. The Balaban J connectivity index is 5.15. The van der Waals surface area contributed by atoms with Gasteiger partial charge in [-0.1, -0.05) is 54.3 Å². The zero-order valence-corrected chi connectivity index (χ0v) is 13.7. The van der Waals surface area contributed by atoms with Gasteiger partial charge in [-0.3, -0.25) is 4.90 Å². The van der Waals surface area contributed by atoms with Crippen molar-refractivity contribution in [3.05, 3.63) is 0 Å². The van der Waals surface area contributed by atoms with E-state index in [2.05, 4.69) is 59.2 Å². The van der Waals surface area contributed by atoms with Crippen LogP contribution >= 0.6 is 7.75 Å². The molecule has 0 amide bonds. The van der Waals surface area contributed by atoms with Gasteiger partial charge in [-0.15, -0.1) is 7.75 Å². The molecule has 90 valence electrons. The van der Waals surface area contributed by atoms with Gasteiger partial charge in [0.1, 0.15) is 7.74 Å². The average molecular weight is 245 g/mol. The highest BCUT2D eigenvalue weighted by Gasteiger charge is 2.25. The molecule has 0 rings (SSSR count). The first-order valence-corrected chi connectivity index (χ1v) is 11.2. The third-order valence-corrected chi connectivity index (χ3v) is 6.66. The summed E-state index contributed by atoms with van der Waals surface area (Å²) in [6, 6.07) is 0. The van der Waals surface area contributed by atoms with Crippen LogP contribution in [0, 0.1) is 5.41 Å². The Hall–Kier alpha value is 0.347. The van der Waals surface area contributed by atoms with Crippen LogP contribution in [0.4, 0.5) is 0 Å². The van der Waals surface area contributed by atoms with Crippen molar-refractivity contribution in [1.82, 2.24) is 4.90 Å². The Bertz CT molecular complexity index is 219. The van der Waals surface area contributed by atoms with Crippen molar-refractivity contribution < 1.29 is 0 Å². The SMILES string of the molecule is CCN(CC)C(=P[Si](C)(C)C)C(C)(C)C. The Kier molecular flexibility index (Phi) is 5.74. The predicted molar refractivity (Wildman–Crippen MR) is 77.6 cm³/mol. The molecule has 0 aromatic rings. The van der Waals surface area contributed by atoms with Crippen molar-refractivity contribution in [2.75, 3.05) is 13.1 Å². The third kappa shape index (κ3) is 5.84. The van der Waals surface area contributed by atoms with Crippen molar-refractivity contribution in [3.8, 4) is 0 Å². The van der Waals surface area contributed by atoms with E-state index < -0.39 is 7.74 Å². The largest absolute Gasteiger partial charge is 0.275 e. The van der Waals surface area contributed by atoms with Gasteiger partial charge >= 0.3 is 0 Å². The summed E-state index contributed by atoms with van der Waals surface area (Å²) in [4.78, 5) is 2.54. The highest BCUT2D eigenvalue weighted by molar-refractivity contribution is 7.81. The summed E-state index contributed by atoms with van der Waals surface area (Å²) in [6.07, 6.45) is 0. The van der Waals surface area contributed by atoms with Crippen molar-refractivity contribution in [2.24, 2.45) is 5.41 Å². The fraction of sp³-hybridized carbons (Fsp3) is 0.917. The first kappa shape index (κ1) is 15.3. The molecule has 0 spiro atoms. The molecule has 3 heteroatoms. The third-order valence-electron chi connectivity index (χ3n) is 2.18. The highest BCUT2D eigenvalue weighted by atomic mass is 31.3. The Morgan fingerprint density at radius 1 is 1.07 bits per heavy atom. The molecule has 0 aliphatic rings. The topological polar surface area (TPSA) is 3.24 Å². The van der Waals surface area contributed by atoms with Crippen LogP contribution < -0.4 is 0 Å². The lowest BCUT2D eigenvalue weighted by molar-refractivity contribution is 0.412. The van der Waals surface area contributed by atoms with Crippen LogP contribution in [-0.2, 0) is 0 Å². The van der Waals surface area contributed by atoms with Gasteiger partial charge in [0.05, 0.1) is 0 Å². The van der Waals surface area contributed by atoms with Crippen molar-refractivity contribution in [2.45, 2.75) is 54.3 Å². The molecule has 0 aromatic heterocycles. The minimum absolute atomic E-state index is 0.313. The Labute approximate surface area is 98.9 Å². The summed E-state index contributed by atoms with van der Waals surface area (Å²) in [5.41, 5.74) is 1.94. The second kappa shape index (κ2) is 5.61. The van der Waals surface area contributed by atoms with Crippen molar-refractivity contribution in [1.29, 1.82) is 0 Å². The standard InChI is InChI=1S/C12H28NPSi/c1-9-13(10-2)11(12(3,4)5)14-15(6,7)8/h9-10H2,1-8H3. The van der Waals surface area contributed by atoms with Crippen LogP contribution in [0.5, 0.6) is 0 Å². The number of hydrogen-bond acceptors (Lipinski definition) is 0. The van der Waals surface area contributed by atoms with Crippen LogP contribution in [0.15, 0.2) is 0 Å². The maximum absolute atomic E-state index is 2.54. The van der Waals surface area contributed by atoms with E-state index in [1.54, 1.807) is 13.2 Å². The van der Waals surface area contributed by atoms with E-state index >= 15 is 0 Å². The molecule has 0 aliphatic carbocycles. The van der Waals surface area contributed by atoms with Gasteiger partial charge < -0.3 is 0 Å². The van der Waals surface area contributed by atoms with Crippen LogP contribution in [0.3, 0.4) is 0 Å². The normalized spacial score (nSPS) is 14.9. The molecule has 15 heavy (non-hydrogen) atoms. The molecule has 0 saturated heterocycles. The van der Waals surface area contributed by atoms with Crippen LogP contribution in [0.25, 0.3) is 0 Å². The van der Waals surface area contributed by atoms with Crippen LogP contribution in [-0.4, -0.2) is 31.1 Å². The average Bonchev–Trinajstić information content (AvgIpc) is 2.01. The summed E-state index contributed by atoms with van der Waals surface area (Å²) >= 11 is 0. The molecule has 0 fully saturated rings. The summed E-state index contributed by atoms with van der Waals surface area (Å²) < 4.78 is 0. The monoisotopic (exact) mass is 245 g/mol. The van der Waals surface area contributed by atoms with E-state index in [1.807, 2.05) is 0 Å². The molecule has 0 atom stereocenters. The zero-order valence-electron chi connectivity index (χ0n) is 11.8. The van der Waals surface area contributed by atoms with Gasteiger partial charge in [-0.2, -0.15) is 0 Å². The van der Waals surface area contributed by atoms with Crippen molar-refractivity contribution in [3.63, 3.8) is 0 Å². The first-order valence-electron chi connectivity index (χ1n) is 5.97. The number of rotatable bonds is 4. The lowest BCUT2D eigenvalue weighted by atomic mass is 9.96. The molecule has 0 bridgehead atoms. The molecule has 0 aliphatic heterocycles. The van der Waals surface area contributed by atoms with Gasteiger partial charge in [-0.05, 0) is 0 Å². The molecule has 0 saturated carbocycles. The van der Waals surface area contributed by atoms with E-state index in [0.717, 1.165) is 13.1 Å².